The van der Waals surface area contributed by atoms with E-state index in [1.54, 1.807) is 26.1 Å². The molecule has 1 aliphatic rings. The van der Waals surface area contributed by atoms with Gasteiger partial charge in [-0.05, 0) is 30.0 Å². The Morgan fingerprint density at radius 3 is 2.45 bits per heavy atom. The number of morpholine rings is 1. The van der Waals surface area contributed by atoms with Crippen LogP contribution in [0.2, 0.25) is 0 Å². The number of methoxy groups -OCH3 is 1. The van der Waals surface area contributed by atoms with E-state index >= 15 is 0 Å². The van der Waals surface area contributed by atoms with Crippen LogP contribution < -0.4 is 15.4 Å². The maximum absolute atomic E-state index is 12.0. The predicted molar refractivity (Wildman–Crippen MR) is 125 cm³/mol. The van der Waals surface area contributed by atoms with Crippen LogP contribution in [0.15, 0.2) is 29.3 Å². The average Bonchev–Trinajstić information content (AvgIpc) is 2.77. The van der Waals surface area contributed by atoms with Gasteiger partial charge in [-0.1, -0.05) is 26.0 Å². The Morgan fingerprint density at radius 2 is 1.87 bits per heavy atom. The SMILES string of the molecule is COc1ccc(CCNC(=NCC(=O)N(C)C)NCC(C(C)C)N2CCOCC2)cc1. The molecule has 31 heavy (non-hydrogen) atoms. The highest BCUT2D eigenvalue weighted by atomic mass is 16.5. The number of ether oxygens (including phenoxy) is 2. The smallest absolute Gasteiger partial charge is 0.243 e. The molecule has 1 unspecified atom stereocenters. The molecule has 1 aromatic rings. The number of aliphatic imine (C=N–C) groups is 1. The Labute approximate surface area is 187 Å². The minimum atomic E-state index is -0.0233. The Hall–Kier alpha value is -2.32. The van der Waals surface area contributed by atoms with E-state index in [1.165, 1.54) is 5.56 Å². The molecule has 1 amide bonds. The number of benzene rings is 1. The summed E-state index contributed by atoms with van der Waals surface area (Å²) in [4.78, 5) is 20.6. The van der Waals surface area contributed by atoms with Gasteiger partial charge in [0.05, 0.1) is 20.3 Å². The van der Waals surface area contributed by atoms with Crippen LogP contribution in [0.4, 0.5) is 0 Å². The van der Waals surface area contributed by atoms with E-state index in [9.17, 15) is 4.79 Å². The second-order valence-electron chi connectivity index (χ2n) is 8.32. The third kappa shape index (κ3) is 8.75. The van der Waals surface area contributed by atoms with Crippen molar-refractivity contribution in [3.63, 3.8) is 0 Å². The van der Waals surface area contributed by atoms with Crippen molar-refractivity contribution >= 4 is 11.9 Å². The first-order valence-electron chi connectivity index (χ1n) is 11.1. The van der Waals surface area contributed by atoms with Crippen LogP contribution >= 0.6 is 0 Å². The van der Waals surface area contributed by atoms with Gasteiger partial charge in [0.25, 0.3) is 0 Å². The van der Waals surface area contributed by atoms with Crippen molar-refractivity contribution < 1.29 is 14.3 Å². The molecular weight excluding hydrogens is 394 g/mol. The largest absolute Gasteiger partial charge is 0.497 e. The summed E-state index contributed by atoms with van der Waals surface area (Å²) in [6, 6.07) is 8.44. The molecule has 2 rings (SSSR count). The summed E-state index contributed by atoms with van der Waals surface area (Å²) >= 11 is 0. The molecule has 2 N–H and O–H groups in total. The zero-order valence-corrected chi connectivity index (χ0v) is 19.7. The standard InChI is InChI=1S/C23H39N5O3/c1-18(2)21(28-12-14-31-15-13-28)16-25-23(26-17-22(29)27(3)4)24-11-10-19-6-8-20(30-5)9-7-19/h6-9,18,21H,10-17H2,1-5H3,(H2,24,25,26). The second-order valence-corrected chi connectivity index (χ2v) is 8.32. The van der Waals surface area contributed by atoms with Gasteiger partial charge in [-0.25, -0.2) is 4.99 Å². The van der Waals surface area contributed by atoms with Gasteiger partial charge >= 0.3 is 0 Å². The Balaban J connectivity index is 1.95. The maximum Gasteiger partial charge on any atom is 0.243 e. The number of carbonyl (C=O) groups excluding carboxylic acids is 1. The number of amides is 1. The maximum atomic E-state index is 12.0. The molecule has 0 saturated carbocycles. The zero-order valence-electron chi connectivity index (χ0n) is 19.7. The lowest BCUT2D eigenvalue weighted by molar-refractivity contribution is -0.127. The Morgan fingerprint density at radius 1 is 1.19 bits per heavy atom. The van der Waals surface area contributed by atoms with E-state index in [0.29, 0.717) is 17.9 Å². The highest BCUT2D eigenvalue weighted by Gasteiger charge is 2.24. The lowest BCUT2D eigenvalue weighted by Gasteiger charge is -2.37. The molecule has 0 aliphatic carbocycles. The highest BCUT2D eigenvalue weighted by molar-refractivity contribution is 5.84. The van der Waals surface area contributed by atoms with Crippen molar-refractivity contribution in [2.45, 2.75) is 26.3 Å². The van der Waals surface area contributed by atoms with E-state index < -0.39 is 0 Å². The zero-order chi connectivity index (χ0) is 22.6. The van der Waals surface area contributed by atoms with Gasteiger partial charge in [0, 0.05) is 46.3 Å². The van der Waals surface area contributed by atoms with Crippen LogP contribution in [0.3, 0.4) is 0 Å². The summed E-state index contributed by atoms with van der Waals surface area (Å²) < 4.78 is 10.7. The van der Waals surface area contributed by atoms with Crippen LogP contribution in [0.1, 0.15) is 19.4 Å². The molecule has 1 aromatic carbocycles. The van der Waals surface area contributed by atoms with E-state index in [2.05, 4.69) is 46.5 Å². The topological polar surface area (TPSA) is 78.4 Å². The number of carbonyl (C=O) groups is 1. The van der Waals surface area contributed by atoms with Crippen molar-refractivity contribution in [1.29, 1.82) is 0 Å². The van der Waals surface area contributed by atoms with Crippen LogP contribution in [0.5, 0.6) is 5.75 Å². The van der Waals surface area contributed by atoms with Crippen LogP contribution in [-0.2, 0) is 16.0 Å². The predicted octanol–water partition coefficient (Wildman–Crippen LogP) is 1.22. The van der Waals surface area contributed by atoms with Gasteiger partial charge in [-0.15, -0.1) is 0 Å². The molecule has 0 aromatic heterocycles. The summed E-state index contributed by atoms with van der Waals surface area (Å²) in [5, 5.41) is 6.84. The molecule has 0 bridgehead atoms. The van der Waals surface area contributed by atoms with Crippen molar-refractivity contribution in [2.75, 3.05) is 67.1 Å². The minimum Gasteiger partial charge on any atom is -0.497 e. The first-order chi connectivity index (χ1) is 14.9. The number of guanidine groups is 1. The third-order valence-corrected chi connectivity index (χ3v) is 5.50. The number of likely N-dealkylation sites (N-methyl/N-ethyl adjacent to an activating group) is 1. The van der Waals surface area contributed by atoms with E-state index in [4.69, 9.17) is 9.47 Å². The average molecular weight is 434 g/mol. The first kappa shape index (κ1) is 24.9. The molecule has 1 saturated heterocycles. The van der Waals surface area contributed by atoms with Crippen molar-refractivity contribution in [3.8, 4) is 5.75 Å². The fraction of sp³-hybridized carbons (Fsp3) is 0.652. The summed E-state index contributed by atoms with van der Waals surface area (Å²) in [5.74, 6) is 1.99. The molecule has 1 atom stereocenters. The number of rotatable bonds is 10. The fourth-order valence-electron chi connectivity index (χ4n) is 3.48. The van der Waals surface area contributed by atoms with Crippen LogP contribution in [0.25, 0.3) is 0 Å². The molecule has 0 radical (unpaired) electrons. The number of nitrogens with one attached hydrogen (secondary N) is 2. The molecule has 1 heterocycles. The summed E-state index contributed by atoms with van der Waals surface area (Å²) in [6.07, 6.45) is 0.851. The van der Waals surface area contributed by atoms with Crippen LogP contribution in [-0.4, -0.2) is 94.9 Å². The third-order valence-electron chi connectivity index (χ3n) is 5.50. The number of hydrogen-bond donors (Lipinski definition) is 2. The molecule has 0 spiro atoms. The monoisotopic (exact) mass is 433 g/mol. The Bertz CT molecular complexity index is 685. The lowest BCUT2D eigenvalue weighted by atomic mass is 10.0. The molecular formula is C23H39N5O3. The van der Waals surface area contributed by atoms with E-state index in [1.807, 2.05) is 12.1 Å². The Kier molecular flexibility index (Phi) is 10.6. The van der Waals surface area contributed by atoms with Crippen molar-refractivity contribution in [2.24, 2.45) is 10.9 Å². The van der Waals surface area contributed by atoms with Gasteiger partial charge in [-0.2, -0.15) is 0 Å². The molecule has 8 heteroatoms. The van der Waals surface area contributed by atoms with Gasteiger partial charge in [0.1, 0.15) is 12.3 Å². The highest BCUT2D eigenvalue weighted by Crippen LogP contribution is 2.13. The minimum absolute atomic E-state index is 0.0233. The van der Waals surface area contributed by atoms with E-state index in [-0.39, 0.29) is 12.5 Å². The first-order valence-corrected chi connectivity index (χ1v) is 11.1. The van der Waals surface area contributed by atoms with Crippen molar-refractivity contribution in [3.05, 3.63) is 29.8 Å². The lowest BCUT2D eigenvalue weighted by Crippen LogP contribution is -2.52. The summed E-state index contributed by atoms with van der Waals surface area (Å²) in [6.45, 7) is 9.54. The quantitative estimate of drug-likeness (QED) is 0.427. The van der Waals surface area contributed by atoms with Crippen LogP contribution in [0, 0.1) is 5.92 Å². The number of nitrogens with zero attached hydrogens (tertiary/aromatic N) is 3. The second kappa shape index (κ2) is 13.2. The van der Waals surface area contributed by atoms with Gasteiger partial charge in [0.2, 0.25) is 5.91 Å². The molecule has 174 valence electrons. The normalized spacial score (nSPS) is 16.1. The van der Waals surface area contributed by atoms with Gasteiger partial charge in [-0.3, -0.25) is 9.69 Å². The molecule has 1 fully saturated rings. The van der Waals surface area contributed by atoms with Gasteiger partial charge < -0.3 is 25.0 Å². The van der Waals surface area contributed by atoms with E-state index in [0.717, 1.165) is 51.6 Å². The number of hydrogen-bond acceptors (Lipinski definition) is 5. The molecule has 8 nitrogen and oxygen atoms in total. The molecule has 1 aliphatic heterocycles. The summed E-state index contributed by atoms with van der Waals surface area (Å²) in [5.41, 5.74) is 1.21. The summed E-state index contributed by atoms with van der Waals surface area (Å²) in [7, 11) is 5.16. The van der Waals surface area contributed by atoms with Gasteiger partial charge in [0.15, 0.2) is 5.96 Å². The fourth-order valence-corrected chi connectivity index (χ4v) is 3.48. The van der Waals surface area contributed by atoms with Crippen molar-refractivity contribution in [1.82, 2.24) is 20.4 Å².